The average molecular weight is 293 g/mol. The lowest BCUT2D eigenvalue weighted by Gasteiger charge is -2.21. The van der Waals surface area contributed by atoms with Crippen LogP contribution >= 0.6 is 11.6 Å². The van der Waals surface area contributed by atoms with Gasteiger partial charge >= 0.3 is 0 Å². The summed E-state index contributed by atoms with van der Waals surface area (Å²) in [5.41, 5.74) is 5.97. The van der Waals surface area contributed by atoms with Crippen molar-refractivity contribution in [1.29, 1.82) is 0 Å². The van der Waals surface area contributed by atoms with E-state index in [1.54, 1.807) is 6.07 Å². The highest BCUT2D eigenvalue weighted by atomic mass is 35.5. The second-order valence-corrected chi connectivity index (χ2v) is 4.43. The number of hydrogen-bond donors (Lipinski definition) is 2. The number of nitrogens with two attached hydrogens (primary N) is 1. The highest BCUT2D eigenvalue weighted by Gasteiger charge is 2.14. The maximum atomic E-state index is 12.4. The molecule has 7 heteroatoms. The standard InChI is InChI=1S/C12H15ClF2N2O2/c13-10-5-8(12(16)19)1-2-9(10)6-17(3-4-18)7-11(14)15/h1-2,5,11,18H,3-4,6-7H2,(H2,16,19). The predicted molar refractivity (Wildman–Crippen MR) is 68.3 cm³/mol. The first-order valence-electron chi connectivity index (χ1n) is 5.63. The van der Waals surface area contributed by atoms with Gasteiger partial charge in [0.2, 0.25) is 5.91 Å². The van der Waals surface area contributed by atoms with Gasteiger partial charge in [0, 0.05) is 23.7 Å². The molecule has 0 heterocycles. The van der Waals surface area contributed by atoms with Crippen molar-refractivity contribution in [3.8, 4) is 0 Å². The molecule has 0 radical (unpaired) electrons. The van der Waals surface area contributed by atoms with E-state index in [0.29, 0.717) is 5.56 Å². The number of benzene rings is 1. The summed E-state index contributed by atoms with van der Waals surface area (Å²) in [5, 5.41) is 9.12. The Bertz CT molecular complexity index is 444. The molecule has 0 bridgehead atoms. The van der Waals surface area contributed by atoms with E-state index < -0.39 is 18.9 Å². The molecule has 0 aliphatic carbocycles. The molecule has 0 unspecified atom stereocenters. The molecule has 1 amide bonds. The minimum Gasteiger partial charge on any atom is -0.395 e. The van der Waals surface area contributed by atoms with Gasteiger partial charge in [-0.05, 0) is 17.7 Å². The van der Waals surface area contributed by atoms with E-state index in [4.69, 9.17) is 22.4 Å². The second-order valence-electron chi connectivity index (χ2n) is 4.02. The van der Waals surface area contributed by atoms with Crippen molar-refractivity contribution in [2.45, 2.75) is 13.0 Å². The minimum absolute atomic E-state index is 0.123. The Morgan fingerprint density at radius 2 is 2.16 bits per heavy atom. The third-order valence-electron chi connectivity index (χ3n) is 2.54. The third kappa shape index (κ3) is 5.10. The molecule has 4 nitrogen and oxygen atoms in total. The number of primary amides is 1. The van der Waals surface area contributed by atoms with Gasteiger partial charge < -0.3 is 10.8 Å². The molecule has 19 heavy (non-hydrogen) atoms. The molecule has 1 aromatic rings. The van der Waals surface area contributed by atoms with Crippen LogP contribution in [-0.4, -0.2) is 42.0 Å². The highest BCUT2D eigenvalue weighted by Crippen LogP contribution is 2.20. The van der Waals surface area contributed by atoms with Crippen LogP contribution in [0.1, 0.15) is 15.9 Å². The molecule has 0 aliphatic rings. The average Bonchev–Trinajstić information content (AvgIpc) is 2.31. The molecule has 1 aromatic carbocycles. The van der Waals surface area contributed by atoms with Gasteiger partial charge in [0.15, 0.2) is 0 Å². The van der Waals surface area contributed by atoms with Crippen LogP contribution in [0.15, 0.2) is 18.2 Å². The molecule has 3 N–H and O–H groups in total. The van der Waals surface area contributed by atoms with E-state index in [0.717, 1.165) is 0 Å². The van der Waals surface area contributed by atoms with E-state index >= 15 is 0 Å². The van der Waals surface area contributed by atoms with Crippen molar-refractivity contribution in [3.63, 3.8) is 0 Å². The fourth-order valence-corrected chi connectivity index (χ4v) is 1.88. The van der Waals surface area contributed by atoms with Crippen LogP contribution in [0.4, 0.5) is 8.78 Å². The Morgan fingerprint density at radius 3 is 2.63 bits per heavy atom. The lowest BCUT2D eigenvalue weighted by molar-refractivity contribution is 0.0746. The van der Waals surface area contributed by atoms with Crippen molar-refractivity contribution < 1.29 is 18.7 Å². The number of hydrogen-bond acceptors (Lipinski definition) is 3. The Balaban J connectivity index is 2.81. The first-order chi connectivity index (χ1) is 8.93. The Hall–Kier alpha value is -1.24. The molecular weight excluding hydrogens is 278 g/mol. The van der Waals surface area contributed by atoms with Crippen LogP contribution in [-0.2, 0) is 6.54 Å². The van der Waals surface area contributed by atoms with Crippen LogP contribution in [0.25, 0.3) is 0 Å². The Labute approximate surface area is 114 Å². The van der Waals surface area contributed by atoms with Gasteiger partial charge in [-0.15, -0.1) is 0 Å². The Kier molecular flexibility index (Phi) is 6.14. The van der Waals surface area contributed by atoms with Gasteiger partial charge in [0.25, 0.3) is 6.43 Å². The molecule has 0 fully saturated rings. The minimum atomic E-state index is -2.49. The van der Waals surface area contributed by atoms with Crippen LogP contribution in [0.2, 0.25) is 5.02 Å². The maximum absolute atomic E-state index is 12.4. The molecule has 0 saturated heterocycles. The molecule has 106 valence electrons. The SMILES string of the molecule is NC(=O)c1ccc(CN(CCO)CC(F)F)c(Cl)c1. The quantitative estimate of drug-likeness (QED) is 0.800. The van der Waals surface area contributed by atoms with Crippen LogP contribution in [0.3, 0.4) is 0 Å². The van der Waals surface area contributed by atoms with Gasteiger partial charge in [-0.3, -0.25) is 9.69 Å². The predicted octanol–water partition coefficient (Wildman–Crippen LogP) is 1.50. The number of nitrogens with zero attached hydrogens (tertiary/aromatic N) is 1. The van der Waals surface area contributed by atoms with Crippen LogP contribution in [0, 0.1) is 0 Å². The smallest absolute Gasteiger partial charge is 0.251 e. The third-order valence-corrected chi connectivity index (χ3v) is 2.90. The number of amides is 1. The van der Waals surface area contributed by atoms with Crippen molar-refractivity contribution in [1.82, 2.24) is 4.90 Å². The van der Waals surface area contributed by atoms with Crippen molar-refractivity contribution in [3.05, 3.63) is 34.3 Å². The number of rotatable bonds is 7. The topological polar surface area (TPSA) is 66.6 Å². The molecule has 1 rings (SSSR count). The van der Waals surface area contributed by atoms with E-state index in [2.05, 4.69) is 0 Å². The molecule has 0 aromatic heterocycles. The van der Waals surface area contributed by atoms with Gasteiger partial charge in [0.1, 0.15) is 0 Å². The molecular formula is C12H15ClF2N2O2. The fourth-order valence-electron chi connectivity index (χ4n) is 1.64. The second kappa shape index (κ2) is 7.37. The van der Waals surface area contributed by atoms with Gasteiger partial charge in [0.05, 0.1) is 13.2 Å². The first-order valence-corrected chi connectivity index (χ1v) is 6.01. The largest absolute Gasteiger partial charge is 0.395 e. The van der Waals surface area contributed by atoms with Crippen LogP contribution in [0.5, 0.6) is 0 Å². The highest BCUT2D eigenvalue weighted by molar-refractivity contribution is 6.31. The Morgan fingerprint density at radius 1 is 1.47 bits per heavy atom. The monoisotopic (exact) mass is 292 g/mol. The summed E-state index contributed by atoms with van der Waals surface area (Å²) in [6.45, 7) is -0.376. The normalized spacial score (nSPS) is 11.3. The molecule has 0 atom stereocenters. The summed E-state index contributed by atoms with van der Waals surface area (Å²) in [6.07, 6.45) is -2.49. The van der Waals surface area contributed by atoms with Crippen molar-refractivity contribution >= 4 is 17.5 Å². The summed E-state index contributed by atoms with van der Waals surface area (Å²) in [5.74, 6) is -0.603. The van der Waals surface area contributed by atoms with Gasteiger partial charge in [-0.25, -0.2) is 8.78 Å². The number of halogens is 3. The summed E-state index contributed by atoms with van der Waals surface area (Å²) >= 11 is 5.97. The van der Waals surface area contributed by atoms with Gasteiger partial charge in [-0.1, -0.05) is 17.7 Å². The lowest BCUT2D eigenvalue weighted by Crippen LogP contribution is -2.31. The zero-order valence-corrected chi connectivity index (χ0v) is 10.9. The maximum Gasteiger partial charge on any atom is 0.251 e. The lowest BCUT2D eigenvalue weighted by atomic mass is 10.1. The zero-order chi connectivity index (χ0) is 14.4. The number of carbonyl (C=O) groups excluding carboxylic acids is 1. The summed E-state index contributed by atoms with van der Waals surface area (Å²) in [6, 6.07) is 4.46. The van der Waals surface area contributed by atoms with Crippen molar-refractivity contribution in [2.24, 2.45) is 5.73 Å². The summed E-state index contributed by atoms with van der Waals surface area (Å²) < 4.78 is 24.7. The van der Waals surface area contributed by atoms with E-state index in [9.17, 15) is 13.6 Å². The van der Waals surface area contributed by atoms with E-state index in [1.807, 2.05) is 0 Å². The fraction of sp³-hybridized carbons (Fsp3) is 0.417. The summed E-state index contributed by atoms with van der Waals surface area (Å²) in [7, 11) is 0. The number of aliphatic hydroxyl groups excluding tert-OH is 1. The molecule has 0 saturated carbocycles. The number of alkyl halides is 2. The van der Waals surface area contributed by atoms with Gasteiger partial charge in [-0.2, -0.15) is 0 Å². The number of aliphatic hydroxyl groups is 1. The number of carbonyl (C=O) groups is 1. The van der Waals surface area contributed by atoms with Crippen LogP contribution < -0.4 is 5.73 Å². The van der Waals surface area contributed by atoms with E-state index in [-0.39, 0.29) is 30.3 Å². The zero-order valence-electron chi connectivity index (χ0n) is 10.2. The molecule has 0 aliphatic heterocycles. The van der Waals surface area contributed by atoms with Crippen molar-refractivity contribution in [2.75, 3.05) is 19.7 Å². The summed E-state index contributed by atoms with van der Waals surface area (Å²) in [4.78, 5) is 12.3. The first kappa shape index (κ1) is 15.8. The molecule has 0 spiro atoms. The van der Waals surface area contributed by atoms with E-state index in [1.165, 1.54) is 17.0 Å².